The van der Waals surface area contributed by atoms with Crippen molar-refractivity contribution in [3.63, 3.8) is 0 Å². The molecule has 0 unspecified atom stereocenters. The highest BCUT2D eigenvalue weighted by molar-refractivity contribution is 6.34. The summed E-state index contributed by atoms with van der Waals surface area (Å²) in [6, 6.07) is 5.36. The Labute approximate surface area is 154 Å². The molecule has 5 heteroatoms. The van der Waals surface area contributed by atoms with Gasteiger partial charge in [0.2, 0.25) is 5.91 Å². The molecule has 2 N–H and O–H groups in total. The molecule has 1 aromatic carbocycles. The molecular formula is C20H27ClN2O2. The molecule has 0 aromatic heterocycles. The van der Waals surface area contributed by atoms with Crippen LogP contribution in [-0.4, -0.2) is 17.9 Å². The van der Waals surface area contributed by atoms with E-state index in [9.17, 15) is 9.59 Å². The normalized spacial score (nSPS) is 18.9. The molecule has 0 bridgehead atoms. The number of hydrogen-bond donors (Lipinski definition) is 2. The zero-order valence-corrected chi connectivity index (χ0v) is 15.4. The monoisotopic (exact) mass is 362 g/mol. The van der Waals surface area contributed by atoms with E-state index in [0.717, 1.165) is 38.5 Å². The standard InChI is InChI=1S/C20H27ClN2O2/c21-18-11-10-16(22-19(24)12-14-6-4-5-7-14)13-17(18)20(25)23-15-8-2-1-3-9-15/h10-11,13-15H,1-9,12H2,(H,22,24)(H,23,25). The van der Waals surface area contributed by atoms with Gasteiger partial charge in [-0.05, 0) is 49.8 Å². The van der Waals surface area contributed by atoms with E-state index in [4.69, 9.17) is 11.6 Å². The average molecular weight is 363 g/mol. The molecule has 136 valence electrons. The lowest BCUT2D eigenvalue weighted by Crippen LogP contribution is -2.36. The Kier molecular flexibility index (Phi) is 6.35. The van der Waals surface area contributed by atoms with E-state index in [-0.39, 0.29) is 17.9 Å². The molecule has 0 spiro atoms. The van der Waals surface area contributed by atoms with Gasteiger partial charge in [0.05, 0.1) is 10.6 Å². The SMILES string of the molecule is O=C(CC1CCCC1)Nc1ccc(Cl)c(C(=O)NC2CCCCC2)c1. The molecular weight excluding hydrogens is 336 g/mol. The number of carbonyl (C=O) groups excluding carboxylic acids is 2. The Morgan fingerprint density at radius 3 is 2.40 bits per heavy atom. The first-order valence-electron chi connectivity index (χ1n) is 9.52. The van der Waals surface area contributed by atoms with Gasteiger partial charge in [0.15, 0.2) is 0 Å². The number of benzene rings is 1. The molecule has 2 amide bonds. The van der Waals surface area contributed by atoms with Gasteiger partial charge in [-0.1, -0.05) is 43.7 Å². The predicted molar refractivity (Wildman–Crippen MR) is 101 cm³/mol. The smallest absolute Gasteiger partial charge is 0.253 e. The summed E-state index contributed by atoms with van der Waals surface area (Å²) in [6.07, 6.45) is 10.9. The van der Waals surface area contributed by atoms with Crippen molar-refractivity contribution in [2.24, 2.45) is 5.92 Å². The highest BCUT2D eigenvalue weighted by atomic mass is 35.5. The van der Waals surface area contributed by atoms with Crippen LogP contribution in [0.2, 0.25) is 5.02 Å². The summed E-state index contributed by atoms with van der Waals surface area (Å²) in [7, 11) is 0. The summed E-state index contributed by atoms with van der Waals surface area (Å²) in [5, 5.41) is 6.42. The maximum Gasteiger partial charge on any atom is 0.253 e. The van der Waals surface area contributed by atoms with Gasteiger partial charge in [-0.15, -0.1) is 0 Å². The minimum Gasteiger partial charge on any atom is -0.349 e. The van der Waals surface area contributed by atoms with Crippen molar-refractivity contribution in [2.75, 3.05) is 5.32 Å². The molecule has 1 aromatic rings. The highest BCUT2D eigenvalue weighted by Crippen LogP contribution is 2.28. The Hall–Kier alpha value is -1.55. The summed E-state index contributed by atoms with van der Waals surface area (Å²) in [6.45, 7) is 0. The molecule has 25 heavy (non-hydrogen) atoms. The minimum atomic E-state index is -0.149. The summed E-state index contributed by atoms with van der Waals surface area (Å²) < 4.78 is 0. The topological polar surface area (TPSA) is 58.2 Å². The van der Waals surface area contributed by atoms with Crippen LogP contribution in [0.15, 0.2) is 18.2 Å². The van der Waals surface area contributed by atoms with Gasteiger partial charge in [0.25, 0.3) is 5.91 Å². The largest absolute Gasteiger partial charge is 0.349 e. The summed E-state index contributed by atoms with van der Waals surface area (Å²) in [5.74, 6) is 0.373. The number of rotatable bonds is 5. The summed E-state index contributed by atoms with van der Waals surface area (Å²) >= 11 is 6.21. The first-order valence-corrected chi connectivity index (χ1v) is 9.90. The Balaban J connectivity index is 1.60. The number of nitrogens with one attached hydrogen (secondary N) is 2. The molecule has 0 heterocycles. The summed E-state index contributed by atoms with van der Waals surface area (Å²) in [4.78, 5) is 24.7. The van der Waals surface area contributed by atoms with Crippen molar-refractivity contribution in [2.45, 2.75) is 70.3 Å². The number of anilines is 1. The van der Waals surface area contributed by atoms with E-state index in [1.807, 2.05) is 0 Å². The van der Waals surface area contributed by atoms with Crippen molar-refractivity contribution in [1.82, 2.24) is 5.32 Å². The van der Waals surface area contributed by atoms with Crippen LogP contribution in [0.5, 0.6) is 0 Å². The van der Waals surface area contributed by atoms with E-state index in [2.05, 4.69) is 10.6 Å². The van der Waals surface area contributed by atoms with Crippen LogP contribution in [0, 0.1) is 5.92 Å². The van der Waals surface area contributed by atoms with Gasteiger partial charge in [-0.3, -0.25) is 9.59 Å². The third-order valence-corrected chi connectivity index (χ3v) is 5.71. The van der Waals surface area contributed by atoms with Crippen molar-refractivity contribution in [3.8, 4) is 0 Å². The van der Waals surface area contributed by atoms with Crippen molar-refractivity contribution < 1.29 is 9.59 Å². The van der Waals surface area contributed by atoms with Gasteiger partial charge < -0.3 is 10.6 Å². The number of amides is 2. The first-order chi connectivity index (χ1) is 12.1. The third kappa shape index (κ3) is 5.21. The first kappa shape index (κ1) is 18.2. The molecule has 2 aliphatic rings. The Morgan fingerprint density at radius 2 is 1.68 bits per heavy atom. The maximum absolute atomic E-state index is 12.5. The van der Waals surface area contributed by atoms with E-state index < -0.39 is 0 Å². The van der Waals surface area contributed by atoms with E-state index >= 15 is 0 Å². The van der Waals surface area contributed by atoms with Crippen LogP contribution in [0.1, 0.15) is 74.6 Å². The van der Waals surface area contributed by atoms with Crippen molar-refractivity contribution in [3.05, 3.63) is 28.8 Å². The van der Waals surface area contributed by atoms with E-state index in [0.29, 0.717) is 28.6 Å². The molecule has 3 rings (SSSR count). The van der Waals surface area contributed by atoms with Crippen LogP contribution < -0.4 is 10.6 Å². The van der Waals surface area contributed by atoms with Gasteiger partial charge in [-0.2, -0.15) is 0 Å². The van der Waals surface area contributed by atoms with Crippen LogP contribution in [-0.2, 0) is 4.79 Å². The van der Waals surface area contributed by atoms with Gasteiger partial charge in [0, 0.05) is 18.2 Å². The number of carbonyl (C=O) groups is 2. The number of hydrogen-bond acceptors (Lipinski definition) is 2. The average Bonchev–Trinajstić information content (AvgIpc) is 3.10. The quantitative estimate of drug-likeness (QED) is 0.780. The molecule has 0 radical (unpaired) electrons. The van der Waals surface area contributed by atoms with Gasteiger partial charge in [-0.25, -0.2) is 0 Å². The molecule has 0 atom stereocenters. The second-order valence-electron chi connectivity index (χ2n) is 7.41. The van der Waals surface area contributed by atoms with Crippen LogP contribution >= 0.6 is 11.6 Å². The van der Waals surface area contributed by atoms with Crippen LogP contribution in [0.4, 0.5) is 5.69 Å². The third-order valence-electron chi connectivity index (χ3n) is 5.38. The van der Waals surface area contributed by atoms with Crippen LogP contribution in [0.25, 0.3) is 0 Å². The lowest BCUT2D eigenvalue weighted by atomic mass is 9.95. The fourth-order valence-electron chi connectivity index (χ4n) is 3.98. The molecule has 0 saturated heterocycles. The van der Waals surface area contributed by atoms with Crippen LogP contribution in [0.3, 0.4) is 0 Å². The fourth-order valence-corrected chi connectivity index (χ4v) is 4.18. The second-order valence-corrected chi connectivity index (χ2v) is 7.81. The van der Waals surface area contributed by atoms with Gasteiger partial charge >= 0.3 is 0 Å². The summed E-state index contributed by atoms with van der Waals surface area (Å²) in [5.41, 5.74) is 1.08. The lowest BCUT2D eigenvalue weighted by molar-refractivity contribution is -0.117. The molecule has 2 saturated carbocycles. The van der Waals surface area contributed by atoms with E-state index in [1.165, 1.54) is 19.3 Å². The zero-order valence-electron chi connectivity index (χ0n) is 14.7. The Morgan fingerprint density at radius 1 is 1.00 bits per heavy atom. The number of halogens is 1. The van der Waals surface area contributed by atoms with Crippen molar-refractivity contribution in [1.29, 1.82) is 0 Å². The van der Waals surface area contributed by atoms with E-state index in [1.54, 1.807) is 18.2 Å². The lowest BCUT2D eigenvalue weighted by Gasteiger charge is -2.23. The van der Waals surface area contributed by atoms with Crippen molar-refractivity contribution >= 4 is 29.1 Å². The maximum atomic E-state index is 12.5. The molecule has 2 fully saturated rings. The molecule has 0 aliphatic heterocycles. The molecule has 2 aliphatic carbocycles. The van der Waals surface area contributed by atoms with Gasteiger partial charge in [0.1, 0.15) is 0 Å². The second kappa shape index (κ2) is 8.70. The predicted octanol–water partition coefficient (Wildman–Crippen LogP) is 4.92. The zero-order chi connectivity index (χ0) is 17.6. The molecule has 4 nitrogen and oxygen atoms in total. The Bertz CT molecular complexity index is 620. The fraction of sp³-hybridized carbons (Fsp3) is 0.600. The minimum absolute atomic E-state index is 0.0212. The highest BCUT2D eigenvalue weighted by Gasteiger charge is 2.20.